The zero-order valence-corrected chi connectivity index (χ0v) is 10.2. The normalized spacial score (nSPS) is 29.7. The first-order valence-electron chi connectivity index (χ1n) is 6.63. The molecule has 1 saturated heterocycles. The van der Waals surface area contributed by atoms with Crippen molar-refractivity contribution in [3.63, 3.8) is 0 Å². The second-order valence-electron chi connectivity index (χ2n) is 5.24. The summed E-state index contributed by atoms with van der Waals surface area (Å²) in [5.41, 5.74) is 2.83. The summed E-state index contributed by atoms with van der Waals surface area (Å²) in [5.74, 6) is 0.290. The number of hydrogen-bond donors (Lipinski definition) is 0. The third-order valence-electron chi connectivity index (χ3n) is 4.09. The van der Waals surface area contributed by atoms with Crippen LogP contribution in [0.1, 0.15) is 11.1 Å². The summed E-state index contributed by atoms with van der Waals surface area (Å²) in [6, 6.07) is 8.62. The van der Waals surface area contributed by atoms with E-state index in [0.29, 0.717) is 5.82 Å². The molecule has 90 valence electrons. The van der Waals surface area contributed by atoms with Crippen LogP contribution in [0.4, 0.5) is 0 Å². The van der Waals surface area contributed by atoms with E-state index in [0.717, 1.165) is 12.8 Å². The highest BCUT2D eigenvalue weighted by Gasteiger charge is 2.44. The lowest BCUT2D eigenvalue weighted by Gasteiger charge is -2.26. The van der Waals surface area contributed by atoms with Gasteiger partial charge in [0.1, 0.15) is 0 Å². The minimum atomic E-state index is -0.0932. The van der Waals surface area contributed by atoms with Crippen molar-refractivity contribution < 1.29 is 9.31 Å². The van der Waals surface area contributed by atoms with Gasteiger partial charge in [0.15, 0.2) is 0 Å². The Morgan fingerprint density at radius 1 is 0.889 bits per heavy atom. The van der Waals surface area contributed by atoms with Gasteiger partial charge in [0, 0.05) is 5.82 Å². The summed E-state index contributed by atoms with van der Waals surface area (Å²) in [4.78, 5) is 0. The Morgan fingerprint density at radius 2 is 1.44 bits per heavy atom. The summed E-state index contributed by atoms with van der Waals surface area (Å²) in [7, 11) is -0.0932. The van der Waals surface area contributed by atoms with Crippen LogP contribution >= 0.6 is 0 Å². The first-order chi connectivity index (χ1) is 8.90. The molecule has 0 N–H and O–H groups in total. The molecule has 1 aromatic carbocycles. The molecule has 2 nitrogen and oxygen atoms in total. The van der Waals surface area contributed by atoms with Gasteiger partial charge < -0.3 is 9.31 Å². The molecule has 4 rings (SSSR count). The minimum Gasteiger partial charge on any atom is -0.405 e. The lowest BCUT2D eigenvalue weighted by atomic mass is 9.73. The first kappa shape index (κ1) is 10.6. The van der Waals surface area contributed by atoms with Crippen LogP contribution in [-0.2, 0) is 22.2 Å². The van der Waals surface area contributed by atoms with E-state index in [1.54, 1.807) is 0 Å². The highest BCUT2D eigenvalue weighted by Crippen LogP contribution is 2.35. The third-order valence-corrected chi connectivity index (χ3v) is 4.09. The van der Waals surface area contributed by atoms with Crippen LogP contribution < -0.4 is 0 Å². The van der Waals surface area contributed by atoms with Crippen LogP contribution in [0.3, 0.4) is 0 Å². The molecule has 0 spiro atoms. The molecule has 1 aliphatic heterocycles. The molecule has 1 aromatic rings. The maximum Gasteiger partial charge on any atom is 0.468 e. The van der Waals surface area contributed by atoms with Gasteiger partial charge in [-0.1, -0.05) is 48.6 Å². The largest absolute Gasteiger partial charge is 0.468 e. The number of fused-ring (bicyclic) bond motifs is 2. The average Bonchev–Trinajstić information content (AvgIpc) is 3.04. The summed E-state index contributed by atoms with van der Waals surface area (Å²) in [6.45, 7) is 0. The van der Waals surface area contributed by atoms with Crippen molar-refractivity contribution in [1.29, 1.82) is 0 Å². The molecule has 0 aromatic heterocycles. The summed E-state index contributed by atoms with van der Waals surface area (Å²) < 4.78 is 12.2. The van der Waals surface area contributed by atoms with Crippen molar-refractivity contribution in [1.82, 2.24) is 0 Å². The molecule has 2 atom stereocenters. The molecule has 3 aliphatic rings. The van der Waals surface area contributed by atoms with Crippen molar-refractivity contribution in [2.45, 2.75) is 30.9 Å². The average molecular weight is 238 g/mol. The van der Waals surface area contributed by atoms with Gasteiger partial charge in [0.2, 0.25) is 0 Å². The predicted octanol–water partition coefficient (Wildman–Crippen LogP) is 2.55. The summed E-state index contributed by atoms with van der Waals surface area (Å²) in [6.07, 6.45) is 10.8. The zero-order valence-electron chi connectivity index (χ0n) is 10.2. The maximum atomic E-state index is 6.08. The molecule has 0 radical (unpaired) electrons. The van der Waals surface area contributed by atoms with E-state index in [4.69, 9.17) is 9.31 Å². The van der Waals surface area contributed by atoms with E-state index in [-0.39, 0.29) is 19.3 Å². The Balaban J connectivity index is 1.55. The Kier molecular flexibility index (Phi) is 2.42. The van der Waals surface area contributed by atoms with Crippen molar-refractivity contribution >= 4 is 7.12 Å². The highest BCUT2D eigenvalue weighted by molar-refractivity contribution is 6.48. The molecule has 0 amide bonds. The Hall–Kier alpha value is -1.32. The van der Waals surface area contributed by atoms with Crippen molar-refractivity contribution in [3.8, 4) is 0 Å². The van der Waals surface area contributed by atoms with Crippen molar-refractivity contribution in [3.05, 3.63) is 59.7 Å². The predicted molar refractivity (Wildman–Crippen MR) is 71.4 cm³/mol. The molecule has 0 unspecified atom stereocenters. The molecule has 18 heavy (non-hydrogen) atoms. The number of allylic oxidation sites excluding steroid dienone is 4. The van der Waals surface area contributed by atoms with E-state index in [1.165, 1.54) is 11.1 Å². The summed E-state index contributed by atoms with van der Waals surface area (Å²) in [5, 5.41) is 0. The van der Waals surface area contributed by atoms with Crippen LogP contribution in [0.2, 0.25) is 5.82 Å². The van der Waals surface area contributed by atoms with Gasteiger partial charge in [0.05, 0.1) is 12.2 Å². The quantitative estimate of drug-likeness (QED) is 0.700. The van der Waals surface area contributed by atoms with Gasteiger partial charge in [-0.25, -0.2) is 0 Å². The fraction of sp³-hybridized carbons (Fsp3) is 0.333. The maximum absolute atomic E-state index is 6.08. The van der Waals surface area contributed by atoms with E-state index < -0.39 is 0 Å². The van der Waals surface area contributed by atoms with Crippen molar-refractivity contribution in [2.24, 2.45) is 0 Å². The SMILES string of the molecule is C1=CC(B2O[C@H]3Cc4ccccc4C[C@@H]3O2)C=C1. The fourth-order valence-corrected chi connectivity index (χ4v) is 3.11. The second-order valence-corrected chi connectivity index (χ2v) is 5.24. The lowest BCUT2D eigenvalue weighted by molar-refractivity contribution is 0.145. The molecule has 2 aliphatic carbocycles. The van der Waals surface area contributed by atoms with Crippen molar-refractivity contribution in [2.75, 3.05) is 0 Å². The topological polar surface area (TPSA) is 18.5 Å². The van der Waals surface area contributed by atoms with E-state index in [1.807, 2.05) is 0 Å². The van der Waals surface area contributed by atoms with Crippen LogP contribution in [0, 0.1) is 0 Å². The highest BCUT2D eigenvalue weighted by atomic mass is 16.7. The van der Waals surface area contributed by atoms with Crippen LogP contribution in [0.15, 0.2) is 48.6 Å². The Morgan fingerprint density at radius 3 is 2.00 bits per heavy atom. The Labute approximate surface area is 107 Å². The Bertz CT molecular complexity index is 478. The number of hydrogen-bond acceptors (Lipinski definition) is 2. The first-order valence-corrected chi connectivity index (χ1v) is 6.63. The van der Waals surface area contributed by atoms with E-state index in [2.05, 4.69) is 48.6 Å². The number of benzene rings is 1. The zero-order chi connectivity index (χ0) is 11.9. The molecule has 0 saturated carbocycles. The van der Waals surface area contributed by atoms with E-state index >= 15 is 0 Å². The molecule has 1 fully saturated rings. The molecule has 0 bridgehead atoms. The standard InChI is InChI=1S/C15H15BO2/c1-2-6-12-10-15-14(9-11(12)5-1)17-16(18-15)13-7-3-4-8-13/h1-8,13-15H,9-10H2/t14-,15-/m0/s1. The van der Waals surface area contributed by atoms with Gasteiger partial charge in [-0.2, -0.15) is 0 Å². The molecule has 3 heteroatoms. The smallest absolute Gasteiger partial charge is 0.405 e. The summed E-state index contributed by atoms with van der Waals surface area (Å²) >= 11 is 0. The second kappa shape index (κ2) is 4.11. The molecular weight excluding hydrogens is 223 g/mol. The van der Waals surface area contributed by atoms with Gasteiger partial charge in [0.25, 0.3) is 0 Å². The van der Waals surface area contributed by atoms with E-state index in [9.17, 15) is 0 Å². The number of rotatable bonds is 1. The van der Waals surface area contributed by atoms with Crippen LogP contribution in [-0.4, -0.2) is 19.3 Å². The molecular formula is C15H15BO2. The van der Waals surface area contributed by atoms with Gasteiger partial charge in [-0.15, -0.1) is 0 Å². The minimum absolute atomic E-state index is 0.0932. The fourth-order valence-electron chi connectivity index (χ4n) is 3.11. The monoisotopic (exact) mass is 238 g/mol. The molecule has 1 heterocycles. The van der Waals surface area contributed by atoms with Crippen LogP contribution in [0.25, 0.3) is 0 Å². The van der Waals surface area contributed by atoms with Crippen LogP contribution in [0.5, 0.6) is 0 Å². The van der Waals surface area contributed by atoms with Gasteiger partial charge in [-0.3, -0.25) is 0 Å². The van der Waals surface area contributed by atoms with Gasteiger partial charge >= 0.3 is 7.12 Å². The third kappa shape index (κ3) is 1.66. The lowest BCUT2D eigenvalue weighted by Crippen LogP contribution is -2.31. The van der Waals surface area contributed by atoms with Gasteiger partial charge in [-0.05, 0) is 24.0 Å².